The molecule has 1 aromatic heterocycles. The molecule has 2 saturated carbocycles. The van der Waals surface area contributed by atoms with Crippen LogP contribution in [0, 0.1) is 11.3 Å². The maximum Gasteiger partial charge on any atom is 0.224 e. The van der Waals surface area contributed by atoms with Crippen molar-refractivity contribution >= 4 is 11.8 Å². The third-order valence-electron chi connectivity index (χ3n) is 5.50. The summed E-state index contributed by atoms with van der Waals surface area (Å²) in [5, 5.41) is 26.4. The van der Waals surface area contributed by atoms with Gasteiger partial charge in [-0.15, -0.1) is 0 Å². The lowest BCUT2D eigenvalue weighted by Gasteiger charge is -2.34. The Bertz CT molecular complexity index is 739. The first kappa shape index (κ1) is 17.2. The molecule has 0 saturated heterocycles. The van der Waals surface area contributed by atoms with Crippen molar-refractivity contribution in [2.45, 2.75) is 89.0 Å². The summed E-state index contributed by atoms with van der Waals surface area (Å²) >= 11 is 0. The maximum absolute atomic E-state index is 10.3. The number of nitriles is 1. The van der Waals surface area contributed by atoms with E-state index in [0.29, 0.717) is 23.8 Å². The van der Waals surface area contributed by atoms with Crippen molar-refractivity contribution in [3.63, 3.8) is 0 Å². The predicted octanol–water partition coefficient (Wildman–Crippen LogP) is 3.21. The van der Waals surface area contributed by atoms with Gasteiger partial charge in [-0.1, -0.05) is 0 Å². The summed E-state index contributed by atoms with van der Waals surface area (Å²) in [7, 11) is 0. The number of rotatable bonds is 6. The number of aliphatic hydroxyl groups is 1. The molecule has 1 aromatic rings. The van der Waals surface area contributed by atoms with E-state index in [9.17, 15) is 10.4 Å². The summed E-state index contributed by atoms with van der Waals surface area (Å²) in [6, 6.07) is 2.40. The molecule has 2 aliphatic carbocycles. The predicted molar refractivity (Wildman–Crippen MR) is 105 cm³/mol. The first-order valence-corrected chi connectivity index (χ1v) is 9.84. The van der Waals surface area contributed by atoms with Crippen molar-refractivity contribution in [1.29, 1.82) is 5.26 Å². The fourth-order valence-corrected chi connectivity index (χ4v) is 4.10. The summed E-state index contributed by atoms with van der Waals surface area (Å²) in [6.07, 6.45) is 8.00. The van der Waals surface area contributed by atoms with Gasteiger partial charge in [-0.2, -0.15) is 10.2 Å². The van der Waals surface area contributed by atoms with E-state index in [1.54, 1.807) is 0 Å². The molecule has 3 N–H and O–H groups in total. The SMILES string of the molecule is [2H]C([2H])(C)OC1CCC(Nc2ncc(C#N)c(N[C@@H]3CCC[C@](C)(O)C3)n2)CC1. The zero-order valence-corrected chi connectivity index (χ0v) is 16.2. The number of aromatic nitrogens is 2. The van der Waals surface area contributed by atoms with Gasteiger partial charge in [0.05, 0.1) is 20.6 Å². The van der Waals surface area contributed by atoms with Crippen molar-refractivity contribution in [1.82, 2.24) is 9.97 Å². The standard InChI is InChI=1S/C20H31N5O2/c1-3-27-17-8-6-15(7-9-17)24-19-22-13-14(12-21)18(25-19)23-16-5-4-10-20(2,26)11-16/h13,15-17,26H,3-11H2,1-2H3,(H2,22,23,24,25)/t15?,16-,17?,20+/m1/s1/i3D2. The van der Waals surface area contributed by atoms with E-state index in [1.165, 1.54) is 13.1 Å². The van der Waals surface area contributed by atoms with Gasteiger partial charge in [-0.05, 0) is 65.2 Å². The zero-order chi connectivity index (χ0) is 21.1. The lowest BCUT2D eigenvalue weighted by atomic mass is 9.83. The molecule has 0 aromatic carbocycles. The molecule has 2 fully saturated rings. The maximum atomic E-state index is 10.3. The molecule has 7 heteroatoms. The minimum absolute atomic E-state index is 0.0637. The van der Waals surface area contributed by atoms with Crippen molar-refractivity contribution < 1.29 is 12.6 Å². The van der Waals surface area contributed by atoms with Crippen LogP contribution < -0.4 is 10.6 Å². The zero-order valence-electron chi connectivity index (χ0n) is 18.2. The van der Waals surface area contributed by atoms with E-state index in [4.69, 9.17) is 7.48 Å². The van der Waals surface area contributed by atoms with Crippen LogP contribution in [0.4, 0.5) is 11.8 Å². The second-order valence-corrected chi connectivity index (χ2v) is 7.94. The van der Waals surface area contributed by atoms with Gasteiger partial charge in [0.25, 0.3) is 0 Å². The molecule has 0 bridgehead atoms. The summed E-state index contributed by atoms with van der Waals surface area (Å²) in [4.78, 5) is 8.81. The second-order valence-electron chi connectivity index (χ2n) is 7.94. The Hall–Kier alpha value is -1.91. The molecule has 1 heterocycles. The van der Waals surface area contributed by atoms with Crippen LogP contribution in [-0.2, 0) is 4.74 Å². The Morgan fingerprint density at radius 1 is 1.33 bits per heavy atom. The number of hydrogen-bond acceptors (Lipinski definition) is 7. The molecular formula is C20H31N5O2. The average molecular weight is 376 g/mol. The van der Waals surface area contributed by atoms with E-state index in [-0.39, 0.29) is 18.2 Å². The third-order valence-corrected chi connectivity index (χ3v) is 5.50. The highest BCUT2D eigenvalue weighted by atomic mass is 16.5. The van der Waals surface area contributed by atoms with Crippen LogP contribution in [0.5, 0.6) is 0 Å². The molecule has 2 aliphatic rings. The third kappa shape index (κ3) is 5.53. The monoisotopic (exact) mass is 375 g/mol. The van der Waals surface area contributed by atoms with Crippen molar-refractivity contribution in [2.75, 3.05) is 17.2 Å². The van der Waals surface area contributed by atoms with Crippen LogP contribution in [-0.4, -0.2) is 45.4 Å². The number of ether oxygens (including phenoxy) is 1. The summed E-state index contributed by atoms with van der Waals surface area (Å²) in [5.74, 6) is 0.980. The highest BCUT2D eigenvalue weighted by molar-refractivity contribution is 5.54. The highest BCUT2D eigenvalue weighted by Gasteiger charge is 2.30. The van der Waals surface area contributed by atoms with Crippen molar-refractivity contribution in [3.8, 4) is 6.07 Å². The van der Waals surface area contributed by atoms with E-state index < -0.39 is 12.2 Å². The molecule has 0 unspecified atom stereocenters. The Morgan fingerprint density at radius 3 is 2.78 bits per heavy atom. The van der Waals surface area contributed by atoms with Crippen LogP contribution >= 0.6 is 0 Å². The number of nitrogens with one attached hydrogen (secondary N) is 2. The Morgan fingerprint density at radius 2 is 2.11 bits per heavy atom. The fourth-order valence-electron chi connectivity index (χ4n) is 4.10. The van der Waals surface area contributed by atoms with Gasteiger partial charge in [0.2, 0.25) is 5.95 Å². The highest BCUT2D eigenvalue weighted by Crippen LogP contribution is 2.30. The number of nitrogens with zero attached hydrogens (tertiary/aromatic N) is 3. The molecule has 0 spiro atoms. The normalized spacial score (nSPS) is 32.7. The smallest absolute Gasteiger partial charge is 0.224 e. The second kappa shape index (κ2) is 8.85. The Kier molecular flexibility index (Phi) is 5.64. The molecule has 0 aliphatic heterocycles. The van der Waals surface area contributed by atoms with E-state index >= 15 is 0 Å². The van der Waals surface area contributed by atoms with Gasteiger partial charge in [0.1, 0.15) is 17.5 Å². The van der Waals surface area contributed by atoms with Gasteiger partial charge < -0.3 is 20.5 Å². The van der Waals surface area contributed by atoms with Gasteiger partial charge >= 0.3 is 0 Å². The molecule has 0 radical (unpaired) electrons. The first-order valence-electron chi connectivity index (χ1n) is 10.8. The van der Waals surface area contributed by atoms with E-state index in [0.717, 1.165) is 44.9 Å². The fraction of sp³-hybridized carbons (Fsp3) is 0.750. The topological polar surface area (TPSA) is 103 Å². The van der Waals surface area contributed by atoms with Crippen LogP contribution in [0.25, 0.3) is 0 Å². The van der Waals surface area contributed by atoms with Gasteiger partial charge in [-0.3, -0.25) is 0 Å². The molecule has 0 amide bonds. The van der Waals surface area contributed by atoms with Gasteiger partial charge in [0, 0.05) is 18.6 Å². The van der Waals surface area contributed by atoms with Gasteiger partial charge in [-0.25, -0.2) is 4.98 Å². The molecular weight excluding hydrogens is 342 g/mol. The van der Waals surface area contributed by atoms with Crippen LogP contribution in [0.3, 0.4) is 0 Å². The summed E-state index contributed by atoms with van der Waals surface area (Å²) < 4.78 is 20.5. The van der Waals surface area contributed by atoms with Crippen LogP contribution in [0.15, 0.2) is 6.20 Å². The molecule has 3 rings (SSSR count). The summed E-state index contributed by atoms with van der Waals surface area (Å²) in [6.45, 7) is 1.68. The molecule has 2 atom stereocenters. The summed E-state index contributed by atoms with van der Waals surface area (Å²) in [5.41, 5.74) is -0.297. The molecule has 148 valence electrons. The van der Waals surface area contributed by atoms with E-state index in [2.05, 4.69) is 26.7 Å². The van der Waals surface area contributed by atoms with Gasteiger partial charge in [0.15, 0.2) is 0 Å². The van der Waals surface area contributed by atoms with Crippen LogP contribution in [0.2, 0.25) is 0 Å². The number of hydrogen-bond donors (Lipinski definition) is 3. The Balaban J connectivity index is 1.60. The number of anilines is 2. The lowest BCUT2D eigenvalue weighted by Crippen LogP contribution is -2.38. The minimum Gasteiger partial charge on any atom is -0.390 e. The van der Waals surface area contributed by atoms with E-state index in [1.807, 2.05) is 6.92 Å². The molecule has 27 heavy (non-hydrogen) atoms. The largest absolute Gasteiger partial charge is 0.390 e. The quantitative estimate of drug-likeness (QED) is 0.701. The Labute approximate surface area is 164 Å². The molecule has 7 nitrogen and oxygen atoms in total. The van der Waals surface area contributed by atoms with Crippen molar-refractivity contribution in [3.05, 3.63) is 11.8 Å². The van der Waals surface area contributed by atoms with Crippen LogP contribution in [0.1, 0.15) is 73.5 Å². The average Bonchev–Trinajstić information content (AvgIpc) is 2.62. The van der Waals surface area contributed by atoms with Crippen molar-refractivity contribution in [2.24, 2.45) is 0 Å². The minimum atomic E-state index is -1.61. The first-order chi connectivity index (χ1) is 13.6. The lowest BCUT2D eigenvalue weighted by molar-refractivity contribution is 0.0182.